The highest BCUT2D eigenvalue weighted by molar-refractivity contribution is 5.98. The fourth-order valence-corrected chi connectivity index (χ4v) is 4.19. The van der Waals surface area contributed by atoms with Gasteiger partial charge in [-0.2, -0.15) is 5.10 Å². The van der Waals surface area contributed by atoms with Crippen molar-refractivity contribution in [2.24, 2.45) is 0 Å². The highest BCUT2D eigenvalue weighted by atomic mass is 16.5. The standard InChI is InChI=1S/C25H23N6O2/c1-2-21(32)30-14-6-7-18(15-30)31-25-22(24(26)27-16-28-25)23(29-31)17-10-12-20(13-11-17)33-19-8-4-3-5-9-19/h2,4-5,8-13,16,18H,1,6-7,14-15H2,(H2,26,27,28). The maximum absolute atomic E-state index is 12.2. The predicted octanol–water partition coefficient (Wildman–Crippen LogP) is 4.02. The number of hydrogen-bond donors (Lipinski definition) is 1. The van der Waals surface area contributed by atoms with E-state index in [1.165, 1.54) is 12.4 Å². The second-order valence-electron chi connectivity index (χ2n) is 7.90. The molecule has 0 bridgehead atoms. The molecule has 2 aromatic carbocycles. The highest BCUT2D eigenvalue weighted by Crippen LogP contribution is 2.34. The van der Waals surface area contributed by atoms with Crippen molar-refractivity contribution in [1.82, 2.24) is 24.6 Å². The van der Waals surface area contributed by atoms with Crippen molar-refractivity contribution >= 4 is 22.8 Å². The number of rotatable bonds is 5. The summed E-state index contributed by atoms with van der Waals surface area (Å²) in [6, 6.07) is 17.9. The third-order valence-corrected chi connectivity index (χ3v) is 5.80. The van der Waals surface area contributed by atoms with Crippen LogP contribution in [0, 0.1) is 6.07 Å². The van der Waals surface area contributed by atoms with Crippen molar-refractivity contribution in [3.63, 3.8) is 0 Å². The molecule has 1 amide bonds. The molecule has 165 valence electrons. The lowest BCUT2D eigenvalue weighted by Gasteiger charge is -2.32. The van der Waals surface area contributed by atoms with Crippen LogP contribution < -0.4 is 10.5 Å². The van der Waals surface area contributed by atoms with Gasteiger partial charge >= 0.3 is 0 Å². The minimum atomic E-state index is -0.0718. The molecule has 2 aromatic heterocycles. The van der Waals surface area contributed by atoms with Gasteiger partial charge in [-0.15, -0.1) is 0 Å². The Morgan fingerprint density at radius 3 is 2.67 bits per heavy atom. The van der Waals surface area contributed by atoms with Crippen LogP contribution in [0.4, 0.5) is 5.82 Å². The topological polar surface area (TPSA) is 99.2 Å². The summed E-state index contributed by atoms with van der Waals surface area (Å²) in [6.45, 7) is 4.87. The van der Waals surface area contributed by atoms with Crippen LogP contribution in [-0.4, -0.2) is 43.6 Å². The average Bonchev–Trinajstić information content (AvgIpc) is 3.26. The number of carbonyl (C=O) groups is 1. The first kappa shape index (κ1) is 20.7. The number of carbonyl (C=O) groups excluding carboxylic acids is 1. The van der Waals surface area contributed by atoms with E-state index in [9.17, 15) is 4.79 Å². The number of ether oxygens (including phenoxy) is 1. The van der Waals surface area contributed by atoms with E-state index in [0.717, 1.165) is 24.2 Å². The Bertz CT molecular complexity index is 1300. The molecule has 0 aliphatic carbocycles. The zero-order valence-corrected chi connectivity index (χ0v) is 18.0. The zero-order chi connectivity index (χ0) is 22.8. The van der Waals surface area contributed by atoms with Crippen molar-refractivity contribution < 1.29 is 9.53 Å². The van der Waals surface area contributed by atoms with Gasteiger partial charge in [-0.1, -0.05) is 18.7 Å². The normalized spacial score (nSPS) is 16.0. The Morgan fingerprint density at radius 2 is 1.91 bits per heavy atom. The minimum Gasteiger partial charge on any atom is -0.457 e. The van der Waals surface area contributed by atoms with Crippen LogP contribution in [0.5, 0.6) is 11.5 Å². The molecule has 3 heterocycles. The Kier molecular flexibility index (Phi) is 5.48. The molecule has 1 saturated heterocycles. The van der Waals surface area contributed by atoms with Crippen LogP contribution in [0.15, 0.2) is 67.5 Å². The SMILES string of the molecule is C=CC(=O)N1CCCC(n2nc(-c3ccc(Oc4cc[c]cc4)cc3)c3c(N)ncnc32)C1. The Hall–Kier alpha value is -4.20. The summed E-state index contributed by atoms with van der Waals surface area (Å²) in [6.07, 6.45) is 4.57. The van der Waals surface area contributed by atoms with Crippen LogP contribution in [-0.2, 0) is 4.79 Å². The van der Waals surface area contributed by atoms with E-state index in [4.69, 9.17) is 15.6 Å². The molecular weight excluding hydrogens is 416 g/mol. The van der Waals surface area contributed by atoms with Crippen LogP contribution >= 0.6 is 0 Å². The van der Waals surface area contributed by atoms with Crippen molar-refractivity contribution in [2.75, 3.05) is 18.8 Å². The molecular formula is C25H23N6O2. The number of piperidine rings is 1. The number of amides is 1. The first-order valence-electron chi connectivity index (χ1n) is 10.8. The molecule has 5 rings (SSSR count). The van der Waals surface area contributed by atoms with Gasteiger partial charge in [0.1, 0.15) is 29.3 Å². The number of nitrogens with zero attached hydrogens (tertiary/aromatic N) is 5. The third-order valence-electron chi connectivity index (χ3n) is 5.80. The Morgan fingerprint density at radius 1 is 1.15 bits per heavy atom. The highest BCUT2D eigenvalue weighted by Gasteiger charge is 2.28. The van der Waals surface area contributed by atoms with E-state index in [1.54, 1.807) is 17.0 Å². The molecule has 0 spiro atoms. The quantitative estimate of drug-likeness (QED) is 0.472. The zero-order valence-electron chi connectivity index (χ0n) is 18.0. The van der Waals surface area contributed by atoms with Crippen LogP contribution in [0.1, 0.15) is 18.9 Å². The van der Waals surface area contributed by atoms with Crippen molar-refractivity contribution in [3.8, 4) is 22.8 Å². The number of likely N-dealkylation sites (tertiary alicyclic amines) is 1. The van der Waals surface area contributed by atoms with Gasteiger partial charge in [0, 0.05) is 18.7 Å². The molecule has 1 unspecified atom stereocenters. The monoisotopic (exact) mass is 439 g/mol. The second-order valence-corrected chi connectivity index (χ2v) is 7.90. The Labute approximate surface area is 191 Å². The number of hydrogen-bond acceptors (Lipinski definition) is 6. The largest absolute Gasteiger partial charge is 0.457 e. The van der Waals surface area contributed by atoms with Gasteiger partial charge in [-0.25, -0.2) is 14.6 Å². The van der Waals surface area contributed by atoms with Gasteiger partial charge in [-0.3, -0.25) is 4.79 Å². The maximum Gasteiger partial charge on any atom is 0.246 e. The molecule has 1 atom stereocenters. The summed E-state index contributed by atoms with van der Waals surface area (Å²) in [5.41, 5.74) is 8.50. The van der Waals surface area contributed by atoms with Gasteiger partial charge in [0.05, 0.1) is 11.4 Å². The van der Waals surface area contributed by atoms with E-state index < -0.39 is 0 Å². The summed E-state index contributed by atoms with van der Waals surface area (Å²) >= 11 is 0. The third kappa shape index (κ3) is 4.03. The van der Waals surface area contributed by atoms with Gasteiger partial charge in [0.15, 0.2) is 5.65 Å². The van der Waals surface area contributed by atoms with E-state index in [0.29, 0.717) is 41.4 Å². The predicted molar refractivity (Wildman–Crippen MR) is 126 cm³/mol. The van der Waals surface area contributed by atoms with E-state index in [2.05, 4.69) is 22.6 Å². The number of anilines is 1. The lowest BCUT2D eigenvalue weighted by atomic mass is 10.1. The molecule has 1 radical (unpaired) electrons. The number of nitrogens with two attached hydrogens (primary N) is 1. The summed E-state index contributed by atoms with van der Waals surface area (Å²) in [7, 11) is 0. The lowest BCUT2D eigenvalue weighted by molar-refractivity contribution is -0.127. The maximum atomic E-state index is 12.2. The van der Waals surface area contributed by atoms with E-state index in [1.807, 2.05) is 41.1 Å². The van der Waals surface area contributed by atoms with Crippen molar-refractivity contribution in [3.05, 3.63) is 73.6 Å². The van der Waals surface area contributed by atoms with Crippen LogP contribution in [0.3, 0.4) is 0 Å². The van der Waals surface area contributed by atoms with Gasteiger partial charge in [0.2, 0.25) is 5.91 Å². The molecule has 4 aromatic rings. The molecule has 1 fully saturated rings. The van der Waals surface area contributed by atoms with Crippen LogP contribution in [0.25, 0.3) is 22.3 Å². The molecule has 0 saturated carbocycles. The first-order chi connectivity index (χ1) is 16.1. The van der Waals surface area contributed by atoms with Gasteiger partial charge in [0.25, 0.3) is 0 Å². The van der Waals surface area contributed by atoms with Gasteiger partial charge < -0.3 is 15.4 Å². The molecule has 8 nitrogen and oxygen atoms in total. The number of nitrogen functional groups attached to an aromatic ring is 1. The molecule has 1 aliphatic heterocycles. The van der Waals surface area contributed by atoms with Crippen molar-refractivity contribution in [1.29, 1.82) is 0 Å². The molecule has 1 aliphatic rings. The minimum absolute atomic E-state index is 0.00862. The van der Waals surface area contributed by atoms with Crippen LogP contribution in [0.2, 0.25) is 0 Å². The number of aromatic nitrogens is 4. The first-order valence-corrected chi connectivity index (χ1v) is 10.8. The second kappa shape index (κ2) is 8.74. The fraction of sp³-hybridized carbons (Fsp3) is 0.200. The van der Waals surface area contributed by atoms with E-state index in [-0.39, 0.29) is 11.9 Å². The molecule has 33 heavy (non-hydrogen) atoms. The summed E-state index contributed by atoms with van der Waals surface area (Å²) in [4.78, 5) is 22.6. The average molecular weight is 439 g/mol. The smallest absolute Gasteiger partial charge is 0.246 e. The van der Waals surface area contributed by atoms with Gasteiger partial charge in [-0.05, 0) is 61.4 Å². The molecule has 2 N–H and O–H groups in total. The summed E-state index contributed by atoms with van der Waals surface area (Å²) < 4.78 is 7.77. The molecule has 8 heteroatoms. The number of benzene rings is 2. The van der Waals surface area contributed by atoms with Crippen molar-refractivity contribution in [2.45, 2.75) is 18.9 Å². The Balaban J connectivity index is 1.50. The summed E-state index contributed by atoms with van der Waals surface area (Å²) in [5.74, 6) is 1.75. The number of fused-ring (bicyclic) bond motifs is 1. The lowest BCUT2D eigenvalue weighted by Crippen LogP contribution is -2.40. The van der Waals surface area contributed by atoms with E-state index >= 15 is 0 Å². The fourth-order valence-electron chi connectivity index (χ4n) is 4.19. The summed E-state index contributed by atoms with van der Waals surface area (Å²) in [5, 5.41) is 5.61.